The first-order valence-corrected chi connectivity index (χ1v) is 6.42. The third-order valence-corrected chi connectivity index (χ3v) is 2.60. The predicted octanol–water partition coefficient (Wildman–Crippen LogP) is 1.49. The number of carboxylic acid groups (broad SMARTS) is 2. The minimum Gasteiger partial charge on any atom is -0.494 e. The van der Waals surface area contributed by atoms with Crippen LogP contribution in [0, 0.1) is 0 Å². The average Bonchev–Trinajstić information content (AvgIpc) is 2.41. The van der Waals surface area contributed by atoms with Crippen molar-refractivity contribution in [2.24, 2.45) is 0 Å². The fourth-order valence-corrected chi connectivity index (χ4v) is 1.63. The van der Waals surface area contributed by atoms with Crippen LogP contribution >= 0.6 is 0 Å². The summed E-state index contributed by atoms with van der Waals surface area (Å²) in [5.74, 6) is -1.60. The van der Waals surface area contributed by atoms with Crippen LogP contribution in [0.5, 0.6) is 5.75 Å². The van der Waals surface area contributed by atoms with Gasteiger partial charge in [0.2, 0.25) is 0 Å². The average molecular weight is 281 g/mol. The van der Waals surface area contributed by atoms with Gasteiger partial charge in [-0.1, -0.05) is 19.1 Å². The molecule has 1 aromatic rings. The zero-order chi connectivity index (χ0) is 15.0. The monoisotopic (exact) mass is 281 g/mol. The molecule has 1 rings (SSSR count). The maximum absolute atomic E-state index is 10.9. The van der Waals surface area contributed by atoms with Crippen molar-refractivity contribution in [3.63, 3.8) is 0 Å². The number of nitrogens with one attached hydrogen (secondary N) is 1. The summed E-state index contributed by atoms with van der Waals surface area (Å²) in [6, 6.07) is 6.17. The first-order chi connectivity index (χ1) is 9.52. The van der Waals surface area contributed by atoms with Crippen LogP contribution in [0.1, 0.15) is 25.3 Å². The number of benzene rings is 1. The van der Waals surface area contributed by atoms with E-state index in [1.54, 1.807) is 0 Å². The molecule has 0 saturated carbocycles. The number of aliphatic carboxylic acids is 2. The second-order valence-electron chi connectivity index (χ2n) is 4.37. The molecule has 1 aromatic carbocycles. The lowest BCUT2D eigenvalue weighted by atomic mass is 10.1. The van der Waals surface area contributed by atoms with Crippen LogP contribution in [0.25, 0.3) is 0 Å². The van der Waals surface area contributed by atoms with Gasteiger partial charge in [-0.15, -0.1) is 0 Å². The van der Waals surface area contributed by atoms with E-state index in [2.05, 4.69) is 5.32 Å². The summed E-state index contributed by atoms with van der Waals surface area (Å²) in [5.41, 5.74) is 0.843. The van der Waals surface area contributed by atoms with E-state index in [1.807, 2.05) is 31.2 Å². The summed E-state index contributed by atoms with van der Waals surface area (Å²) < 4.78 is 5.48. The molecule has 0 heterocycles. The van der Waals surface area contributed by atoms with E-state index < -0.39 is 24.4 Å². The highest BCUT2D eigenvalue weighted by Gasteiger charge is 2.20. The molecule has 0 spiro atoms. The molecular weight excluding hydrogens is 262 g/mol. The molecule has 0 aromatic heterocycles. The van der Waals surface area contributed by atoms with Gasteiger partial charge in [0.15, 0.2) is 0 Å². The third kappa shape index (κ3) is 5.71. The summed E-state index contributed by atoms with van der Waals surface area (Å²) in [6.07, 6.45) is 0.448. The van der Waals surface area contributed by atoms with E-state index in [4.69, 9.17) is 14.9 Å². The fraction of sp³-hybridized carbons (Fsp3) is 0.429. The number of hydrogen-bond donors (Lipinski definition) is 3. The standard InChI is InChI=1S/C14H19NO5/c1-2-6-20-11-5-3-4-10(7-11)9-15-12(14(18)19)8-13(16)17/h3-5,7,12,15H,2,6,8-9H2,1H3,(H,16,17)(H,18,19). The molecule has 0 saturated heterocycles. The highest BCUT2D eigenvalue weighted by molar-refractivity contribution is 5.80. The van der Waals surface area contributed by atoms with Crippen LogP contribution in [-0.4, -0.2) is 34.8 Å². The van der Waals surface area contributed by atoms with Gasteiger partial charge in [0.05, 0.1) is 13.0 Å². The zero-order valence-electron chi connectivity index (χ0n) is 11.3. The lowest BCUT2D eigenvalue weighted by Gasteiger charge is -2.13. The van der Waals surface area contributed by atoms with Crippen molar-refractivity contribution in [3.8, 4) is 5.75 Å². The van der Waals surface area contributed by atoms with Gasteiger partial charge in [-0.2, -0.15) is 0 Å². The lowest BCUT2D eigenvalue weighted by molar-refractivity contribution is -0.146. The minimum absolute atomic E-state index is 0.271. The fourth-order valence-electron chi connectivity index (χ4n) is 1.63. The molecule has 20 heavy (non-hydrogen) atoms. The van der Waals surface area contributed by atoms with Crippen LogP contribution in [0.2, 0.25) is 0 Å². The summed E-state index contributed by atoms with van der Waals surface area (Å²) in [5, 5.41) is 20.3. The number of rotatable bonds is 9. The van der Waals surface area contributed by atoms with Crippen LogP contribution < -0.4 is 10.1 Å². The van der Waals surface area contributed by atoms with Gasteiger partial charge in [0.1, 0.15) is 11.8 Å². The van der Waals surface area contributed by atoms with Gasteiger partial charge in [-0.25, -0.2) is 0 Å². The van der Waals surface area contributed by atoms with E-state index in [1.165, 1.54) is 0 Å². The molecule has 0 aliphatic heterocycles. The number of carboxylic acids is 2. The molecule has 1 atom stereocenters. The van der Waals surface area contributed by atoms with Crippen LogP contribution in [0.3, 0.4) is 0 Å². The molecule has 0 fully saturated rings. The zero-order valence-corrected chi connectivity index (χ0v) is 11.3. The lowest BCUT2D eigenvalue weighted by Crippen LogP contribution is -2.38. The minimum atomic E-state index is -1.18. The number of carbonyl (C=O) groups is 2. The van der Waals surface area contributed by atoms with Crippen molar-refractivity contribution in [1.82, 2.24) is 5.32 Å². The van der Waals surface area contributed by atoms with Gasteiger partial charge in [-0.3, -0.25) is 14.9 Å². The van der Waals surface area contributed by atoms with Gasteiger partial charge < -0.3 is 14.9 Å². The molecular formula is C14H19NO5. The molecule has 110 valence electrons. The molecule has 0 radical (unpaired) electrons. The molecule has 1 unspecified atom stereocenters. The first-order valence-electron chi connectivity index (χ1n) is 6.42. The summed E-state index contributed by atoms with van der Waals surface area (Å²) in [6.45, 7) is 2.90. The van der Waals surface area contributed by atoms with Crippen molar-refractivity contribution < 1.29 is 24.5 Å². The van der Waals surface area contributed by atoms with Crippen molar-refractivity contribution >= 4 is 11.9 Å². The Labute approximate surface area is 117 Å². The smallest absolute Gasteiger partial charge is 0.321 e. The van der Waals surface area contributed by atoms with Crippen LogP contribution in [0.4, 0.5) is 0 Å². The summed E-state index contributed by atoms with van der Waals surface area (Å²) in [4.78, 5) is 21.5. The Hall–Kier alpha value is -2.08. The van der Waals surface area contributed by atoms with E-state index in [0.29, 0.717) is 6.61 Å². The topological polar surface area (TPSA) is 95.9 Å². The van der Waals surface area contributed by atoms with E-state index in [0.717, 1.165) is 17.7 Å². The second kappa shape index (κ2) is 8.16. The Morgan fingerprint density at radius 2 is 2.10 bits per heavy atom. The van der Waals surface area contributed by atoms with Gasteiger partial charge in [-0.05, 0) is 24.1 Å². The molecule has 6 nitrogen and oxygen atoms in total. The highest BCUT2D eigenvalue weighted by Crippen LogP contribution is 2.13. The van der Waals surface area contributed by atoms with Crippen molar-refractivity contribution in [3.05, 3.63) is 29.8 Å². The largest absolute Gasteiger partial charge is 0.494 e. The maximum Gasteiger partial charge on any atom is 0.321 e. The third-order valence-electron chi connectivity index (χ3n) is 2.60. The first kappa shape index (κ1) is 16.0. The molecule has 3 N–H and O–H groups in total. The number of hydrogen-bond acceptors (Lipinski definition) is 4. The van der Waals surface area contributed by atoms with Gasteiger partial charge >= 0.3 is 11.9 Å². The Kier molecular flexibility index (Phi) is 6.52. The quantitative estimate of drug-likeness (QED) is 0.634. The molecule has 0 bridgehead atoms. The number of ether oxygens (including phenoxy) is 1. The Balaban J connectivity index is 2.58. The summed E-state index contributed by atoms with van der Waals surface area (Å²) >= 11 is 0. The normalized spacial score (nSPS) is 11.8. The van der Waals surface area contributed by atoms with E-state index >= 15 is 0 Å². The molecule has 6 heteroatoms. The van der Waals surface area contributed by atoms with Gasteiger partial charge in [0, 0.05) is 6.54 Å². The second-order valence-corrected chi connectivity index (χ2v) is 4.37. The van der Waals surface area contributed by atoms with Crippen LogP contribution in [0.15, 0.2) is 24.3 Å². The van der Waals surface area contributed by atoms with Crippen molar-refractivity contribution in [2.75, 3.05) is 6.61 Å². The molecule has 0 amide bonds. The van der Waals surface area contributed by atoms with Crippen molar-refractivity contribution in [2.45, 2.75) is 32.4 Å². The Bertz CT molecular complexity index is 461. The van der Waals surface area contributed by atoms with Crippen molar-refractivity contribution in [1.29, 1.82) is 0 Å². The molecule has 0 aliphatic rings. The maximum atomic E-state index is 10.9. The van der Waals surface area contributed by atoms with Crippen LogP contribution in [-0.2, 0) is 16.1 Å². The molecule has 0 aliphatic carbocycles. The van der Waals surface area contributed by atoms with E-state index in [-0.39, 0.29) is 6.54 Å². The summed E-state index contributed by atoms with van der Waals surface area (Å²) in [7, 11) is 0. The van der Waals surface area contributed by atoms with E-state index in [9.17, 15) is 9.59 Å². The Morgan fingerprint density at radius 1 is 1.35 bits per heavy atom. The van der Waals surface area contributed by atoms with Gasteiger partial charge in [0.25, 0.3) is 0 Å². The predicted molar refractivity (Wildman–Crippen MR) is 72.7 cm³/mol. The highest BCUT2D eigenvalue weighted by atomic mass is 16.5. The Morgan fingerprint density at radius 3 is 2.70 bits per heavy atom. The SMILES string of the molecule is CCCOc1cccc(CNC(CC(=O)O)C(=O)O)c1.